The highest BCUT2D eigenvalue weighted by molar-refractivity contribution is 7.21. The maximum absolute atomic E-state index is 2.63. The molecule has 0 saturated heterocycles. The summed E-state index contributed by atoms with van der Waals surface area (Å²) in [6, 6.07) is 155. The van der Waals surface area contributed by atoms with E-state index in [4.69, 9.17) is 0 Å². The molecule has 0 spiro atoms. The van der Waals surface area contributed by atoms with Crippen LogP contribution < -0.4 is 67.1 Å². The third-order valence-corrected chi connectivity index (χ3v) is 34.1. The van der Waals surface area contributed by atoms with Crippen LogP contribution in [0.4, 0.5) is 17.1 Å². The molecule has 4 heteroatoms. The zero-order chi connectivity index (χ0) is 67.2. The molecule has 0 unspecified atom stereocenters. The summed E-state index contributed by atoms with van der Waals surface area (Å²) in [7, 11) is -7.89. The van der Waals surface area contributed by atoms with Crippen LogP contribution in [0.2, 0.25) is 0 Å². The summed E-state index contributed by atoms with van der Waals surface area (Å²) in [6.07, 6.45) is 13.4. The van der Waals surface area contributed by atoms with Crippen molar-refractivity contribution >= 4 is 140 Å². The van der Waals surface area contributed by atoms with Gasteiger partial charge in [-0.2, -0.15) is 0 Å². The van der Waals surface area contributed by atoms with E-state index in [0.29, 0.717) is 0 Å². The Labute approximate surface area is 592 Å². The first-order valence-electron chi connectivity index (χ1n) is 34.5. The van der Waals surface area contributed by atoms with Crippen LogP contribution in [0.5, 0.6) is 0 Å². The number of anilines is 3. The van der Waals surface area contributed by atoms with Gasteiger partial charge in [0.05, 0.1) is 0 Å². The molecule has 0 fully saturated rings. The Morgan fingerprint density at radius 2 is 0.250 bits per heavy atom. The molecular formula is C96H75NSi3. The molecule has 0 aliphatic rings. The molecular weight excluding hydrogens is 1250 g/mol. The Kier molecular flexibility index (Phi) is 19.0. The van der Waals surface area contributed by atoms with Crippen LogP contribution in [0, 0.1) is 0 Å². The quantitative estimate of drug-likeness (QED) is 0.0394. The molecule has 0 aliphatic heterocycles. The van der Waals surface area contributed by atoms with Crippen LogP contribution in [-0.2, 0) is 0 Å². The third-order valence-electron chi connectivity index (χ3n) is 19.8. The lowest BCUT2D eigenvalue weighted by atomic mass is 10.1. The van der Waals surface area contributed by atoms with Crippen molar-refractivity contribution in [1.29, 1.82) is 0 Å². The Morgan fingerprint density at radius 1 is 0.130 bits per heavy atom. The first-order valence-corrected chi connectivity index (χ1v) is 40.5. The highest BCUT2D eigenvalue weighted by Gasteiger charge is 2.44. The fourth-order valence-electron chi connectivity index (χ4n) is 15.0. The van der Waals surface area contributed by atoms with Crippen LogP contribution in [-0.4, -0.2) is 24.2 Å². The van der Waals surface area contributed by atoms with E-state index < -0.39 is 24.2 Å². The normalized spacial score (nSPS) is 11.9. The molecule has 1 nitrogen and oxygen atoms in total. The van der Waals surface area contributed by atoms with Crippen LogP contribution in [0.3, 0.4) is 0 Å². The van der Waals surface area contributed by atoms with Gasteiger partial charge in [0.25, 0.3) is 0 Å². The Balaban J connectivity index is 0.722. The molecule has 15 aromatic carbocycles. The van der Waals surface area contributed by atoms with Gasteiger partial charge in [0, 0.05) is 17.1 Å². The van der Waals surface area contributed by atoms with E-state index >= 15 is 0 Å². The van der Waals surface area contributed by atoms with Crippen molar-refractivity contribution in [3.05, 3.63) is 452 Å². The molecule has 100 heavy (non-hydrogen) atoms. The van der Waals surface area contributed by atoms with E-state index in [1.807, 2.05) is 0 Å². The van der Waals surface area contributed by atoms with E-state index in [1.54, 1.807) is 0 Å². The van der Waals surface area contributed by atoms with Gasteiger partial charge in [0.1, 0.15) is 0 Å². The zero-order valence-corrected chi connectivity index (χ0v) is 58.7. The number of benzene rings is 15. The predicted molar refractivity (Wildman–Crippen MR) is 438 cm³/mol. The lowest BCUT2D eigenvalue weighted by molar-refractivity contribution is 1.28. The molecule has 0 atom stereocenters. The van der Waals surface area contributed by atoms with E-state index in [-0.39, 0.29) is 0 Å². The highest BCUT2D eigenvalue weighted by Crippen LogP contribution is 2.36. The molecule has 0 bridgehead atoms. The average molecular weight is 1330 g/mol. The highest BCUT2D eigenvalue weighted by atomic mass is 28.3. The minimum Gasteiger partial charge on any atom is -0.311 e. The van der Waals surface area contributed by atoms with Crippen molar-refractivity contribution < 1.29 is 0 Å². The van der Waals surface area contributed by atoms with Crippen molar-refractivity contribution in [2.24, 2.45) is 0 Å². The number of nitrogens with zero attached hydrogens (tertiary/aromatic N) is 1. The SMILES string of the molecule is C(=Cc1ccc([Si](c2ccccc2)(c2ccccc2)c2ccccc2)cc1)c1ccc(N(c2ccc(C=Cc3ccc([Si](c4ccccc4)(c4ccccc4)c4ccccc4)cc3)cc2)c2ccc(C=Cc3ccc([Si](c4ccccc4)(c4ccccc4)c4ccccc4)cc3)cc2)cc1. The number of hydrogen-bond acceptors (Lipinski definition) is 1. The lowest BCUT2D eigenvalue weighted by Crippen LogP contribution is -2.74. The second-order valence-corrected chi connectivity index (χ2v) is 36.9. The summed E-state index contributed by atoms with van der Waals surface area (Å²) >= 11 is 0. The minimum atomic E-state index is -2.63. The molecule has 15 rings (SSSR count). The second kappa shape index (κ2) is 29.8. The van der Waals surface area contributed by atoms with Gasteiger partial charge in [-0.15, -0.1) is 0 Å². The Bertz CT molecular complexity index is 4360. The van der Waals surface area contributed by atoms with E-state index in [1.165, 1.54) is 62.2 Å². The summed E-state index contributed by atoms with van der Waals surface area (Å²) in [5, 5.41) is 16.4. The first-order chi connectivity index (χ1) is 49.6. The summed E-state index contributed by atoms with van der Waals surface area (Å²) in [5.41, 5.74) is 10.0. The Hall–Kier alpha value is -12.0. The smallest absolute Gasteiger partial charge is 0.179 e. The first kappa shape index (κ1) is 64.0. The van der Waals surface area contributed by atoms with Crippen LogP contribution in [0.1, 0.15) is 33.4 Å². The monoisotopic (exact) mass is 1330 g/mol. The van der Waals surface area contributed by atoms with Gasteiger partial charge in [-0.1, -0.05) is 419 Å². The zero-order valence-electron chi connectivity index (χ0n) is 55.7. The van der Waals surface area contributed by atoms with Gasteiger partial charge >= 0.3 is 0 Å². The van der Waals surface area contributed by atoms with E-state index in [0.717, 1.165) is 50.4 Å². The van der Waals surface area contributed by atoms with Gasteiger partial charge in [-0.3, -0.25) is 0 Å². The molecule has 0 N–H and O–H groups in total. The van der Waals surface area contributed by atoms with Crippen molar-refractivity contribution in [1.82, 2.24) is 0 Å². The average Bonchev–Trinajstić information content (AvgIpc) is 0.751. The fourth-order valence-corrected chi connectivity index (χ4v) is 29.2. The molecule has 476 valence electrons. The molecule has 0 amide bonds. The van der Waals surface area contributed by atoms with Gasteiger partial charge in [0.2, 0.25) is 0 Å². The van der Waals surface area contributed by atoms with E-state index in [9.17, 15) is 0 Å². The van der Waals surface area contributed by atoms with Crippen LogP contribution >= 0.6 is 0 Å². The van der Waals surface area contributed by atoms with Crippen molar-refractivity contribution in [3.8, 4) is 0 Å². The lowest BCUT2D eigenvalue weighted by Gasteiger charge is -2.34. The van der Waals surface area contributed by atoms with Crippen LogP contribution in [0.25, 0.3) is 36.5 Å². The minimum absolute atomic E-state index is 1.07. The molecule has 0 aromatic heterocycles. The van der Waals surface area contributed by atoms with Gasteiger partial charge < -0.3 is 4.90 Å². The second-order valence-electron chi connectivity index (χ2n) is 25.5. The topological polar surface area (TPSA) is 3.24 Å². The standard InChI is InChI=1S/C96H75NSi3/c1-10-28-85(29-11-1)98(86-30-12-2-13-31-86,87-32-14-3-15-33-87)94-70-58-79(59-71-94)49-46-76-52-64-82(65-53-76)97(83-66-54-77(55-67-83)47-50-80-60-72-95(73-61-80)99(88-34-16-4-17-35-88,89-36-18-5-19-37-89)90-38-20-6-21-39-90)84-68-56-78(57-69-84)48-51-81-62-74-96(75-63-81)100(91-40-22-7-23-41-91,92-42-24-8-25-43-92)93-44-26-9-27-45-93/h1-75H. The molecule has 15 aromatic rings. The maximum atomic E-state index is 2.36. The molecule has 0 radical (unpaired) electrons. The predicted octanol–water partition coefficient (Wildman–Crippen LogP) is 15.8. The maximum Gasteiger partial charge on any atom is 0.179 e. The molecule has 0 heterocycles. The number of rotatable bonds is 21. The molecule has 0 aliphatic carbocycles. The van der Waals surface area contributed by atoms with Crippen LogP contribution in [0.15, 0.2) is 419 Å². The summed E-state index contributed by atoms with van der Waals surface area (Å²) in [5.74, 6) is 0. The van der Waals surface area contributed by atoms with Crippen molar-refractivity contribution in [3.63, 3.8) is 0 Å². The summed E-state index contributed by atoms with van der Waals surface area (Å²) < 4.78 is 0. The fraction of sp³-hybridized carbons (Fsp3) is 0. The van der Waals surface area contributed by atoms with Crippen molar-refractivity contribution in [2.75, 3.05) is 4.90 Å². The Morgan fingerprint density at radius 3 is 0.390 bits per heavy atom. The van der Waals surface area contributed by atoms with Gasteiger partial charge in [0.15, 0.2) is 24.2 Å². The summed E-state index contributed by atoms with van der Waals surface area (Å²) in [6.45, 7) is 0. The van der Waals surface area contributed by atoms with Crippen molar-refractivity contribution in [2.45, 2.75) is 0 Å². The van der Waals surface area contributed by atoms with Gasteiger partial charge in [-0.05, 0) is 132 Å². The van der Waals surface area contributed by atoms with E-state index in [2.05, 4.69) is 460 Å². The third kappa shape index (κ3) is 12.9. The largest absolute Gasteiger partial charge is 0.311 e. The number of hydrogen-bond donors (Lipinski definition) is 0. The molecule has 0 saturated carbocycles. The van der Waals surface area contributed by atoms with Gasteiger partial charge in [-0.25, -0.2) is 0 Å². The summed E-state index contributed by atoms with van der Waals surface area (Å²) in [4.78, 5) is 2.36.